The van der Waals surface area contributed by atoms with Gasteiger partial charge in [0.2, 0.25) is 0 Å². The van der Waals surface area contributed by atoms with Crippen LogP contribution in [0.5, 0.6) is 5.75 Å². The van der Waals surface area contributed by atoms with Crippen molar-refractivity contribution in [3.63, 3.8) is 0 Å². The van der Waals surface area contributed by atoms with Crippen LogP contribution in [0.4, 0.5) is 0 Å². The first-order valence-corrected chi connectivity index (χ1v) is 8.09. The van der Waals surface area contributed by atoms with E-state index in [0.717, 1.165) is 33.9 Å². The molecule has 0 spiro atoms. The SMILES string of the molecule is COc1ccc(C2=C(C=N)CC=CC(c3ccc(C(=O)O)cc3)=N2)cc1. The number of methoxy groups -OCH3 is 1. The van der Waals surface area contributed by atoms with E-state index in [-0.39, 0.29) is 5.56 Å². The molecule has 2 aromatic carbocycles. The lowest BCUT2D eigenvalue weighted by Crippen LogP contribution is -2.00. The van der Waals surface area contributed by atoms with E-state index in [9.17, 15) is 4.79 Å². The van der Waals surface area contributed by atoms with Gasteiger partial charge in [0, 0.05) is 17.3 Å². The highest BCUT2D eigenvalue weighted by Crippen LogP contribution is 2.27. The number of allylic oxidation sites excluding steroid dienone is 3. The molecule has 0 aliphatic carbocycles. The van der Waals surface area contributed by atoms with Crippen LogP contribution in [0.1, 0.15) is 27.9 Å². The molecular formula is C21H18N2O3. The predicted molar refractivity (Wildman–Crippen MR) is 102 cm³/mol. The number of hydrogen-bond donors (Lipinski definition) is 2. The van der Waals surface area contributed by atoms with Crippen LogP contribution >= 0.6 is 0 Å². The highest BCUT2D eigenvalue weighted by Gasteiger charge is 2.13. The van der Waals surface area contributed by atoms with Crippen LogP contribution < -0.4 is 4.74 Å². The number of nitrogens with one attached hydrogen (secondary N) is 1. The first-order valence-electron chi connectivity index (χ1n) is 8.09. The molecule has 0 amide bonds. The van der Waals surface area contributed by atoms with E-state index >= 15 is 0 Å². The van der Waals surface area contributed by atoms with Crippen molar-refractivity contribution in [3.05, 3.63) is 82.9 Å². The fourth-order valence-electron chi connectivity index (χ4n) is 2.69. The average molecular weight is 346 g/mol. The van der Waals surface area contributed by atoms with Gasteiger partial charge in [-0.2, -0.15) is 0 Å². The Hall–Kier alpha value is -3.47. The number of benzene rings is 2. The van der Waals surface area contributed by atoms with Gasteiger partial charge >= 0.3 is 5.97 Å². The Kier molecular flexibility index (Phi) is 5.08. The van der Waals surface area contributed by atoms with Crippen molar-refractivity contribution < 1.29 is 14.6 Å². The molecule has 2 aromatic rings. The monoisotopic (exact) mass is 346 g/mol. The van der Waals surface area contributed by atoms with E-state index < -0.39 is 5.97 Å². The van der Waals surface area contributed by atoms with E-state index in [1.165, 1.54) is 6.21 Å². The molecule has 0 unspecified atom stereocenters. The highest BCUT2D eigenvalue weighted by atomic mass is 16.5. The number of aromatic carboxylic acids is 1. The summed E-state index contributed by atoms with van der Waals surface area (Å²) in [6.45, 7) is 0. The number of rotatable bonds is 5. The fourth-order valence-corrected chi connectivity index (χ4v) is 2.69. The van der Waals surface area contributed by atoms with Crippen molar-refractivity contribution in [1.82, 2.24) is 0 Å². The van der Waals surface area contributed by atoms with Gasteiger partial charge in [-0.15, -0.1) is 0 Å². The van der Waals surface area contributed by atoms with E-state index in [2.05, 4.69) is 0 Å². The largest absolute Gasteiger partial charge is 0.497 e. The van der Waals surface area contributed by atoms with Gasteiger partial charge in [0.05, 0.1) is 24.1 Å². The zero-order valence-electron chi connectivity index (χ0n) is 14.3. The second-order valence-electron chi connectivity index (χ2n) is 5.73. The van der Waals surface area contributed by atoms with Gasteiger partial charge < -0.3 is 15.3 Å². The molecular weight excluding hydrogens is 328 g/mol. The van der Waals surface area contributed by atoms with Crippen molar-refractivity contribution in [2.75, 3.05) is 7.11 Å². The van der Waals surface area contributed by atoms with Gasteiger partial charge in [-0.25, -0.2) is 9.79 Å². The number of ether oxygens (including phenoxy) is 1. The van der Waals surface area contributed by atoms with Gasteiger partial charge in [-0.05, 0) is 54.5 Å². The lowest BCUT2D eigenvalue weighted by Gasteiger charge is -2.09. The first kappa shape index (κ1) is 17.4. The summed E-state index contributed by atoms with van der Waals surface area (Å²) in [6.07, 6.45) is 5.78. The van der Waals surface area contributed by atoms with E-state index in [1.54, 1.807) is 31.4 Å². The fraction of sp³-hybridized carbons (Fsp3) is 0.0952. The second kappa shape index (κ2) is 7.61. The summed E-state index contributed by atoms with van der Waals surface area (Å²) in [6, 6.07) is 14.2. The maximum absolute atomic E-state index is 11.0. The van der Waals surface area contributed by atoms with Crippen molar-refractivity contribution in [3.8, 4) is 5.75 Å². The van der Waals surface area contributed by atoms with Crippen molar-refractivity contribution in [2.45, 2.75) is 6.42 Å². The van der Waals surface area contributed by atoms with Gasteiger partial charge in [0.25, 0.3) is 0 Å². The first-order chi connectivity index (χ1) is 12.6. The molecule has 26 heavy (non-hydrogen) atoms. The van der Waals surface area contributed by atoms with Crippen molar-refractivity contribution in [2.24, 2.45) is 4.99 Å². The molecule has 0 bridgehead atoms. The third-order valence-electron chi connectivity index (χ3n) is 4.12. The minimum atomic E-state index is -0.959. The van der Waals surface area contributed by atoms with Crippen LogP contribution in [0.3, 0.4) is 0 Å². The second-order valence-corrected chi connectivity index (χ2v) is 5.73. The molecule has 1 aliphatic heterocycles. The summed E-state index contributed by atoms with van der Waals surface area (Å²) >= 11 is 0. The average Bonchev–Trinajstić information content (AvgIpc) is 2.90. The molecule has 0 saturated heterocycles. The Balaban J connectivity index is 2.05. The number of hydrogen-bond acceptors (Lipinski definition) is 4. The Bertz CT molecular complexity index is 921. The minimum absolute atomic E-state index is 0.234. The highest BCUT2D eigenvalue weighted by molar-refractivity contribution is 6.12. The predicted octanol–water partition coefficient (Wildman–Crippen LogP) is 4.20. The van der Waals surface area contributed by atoms with Gasteiger partial charge in [-0.3, -0.25) is 0 Å². The number of carboxylic acids is 1. The van der Waals surface area contributed by atoms with Crippen LogP contribution in [0.2, 0.25) is 0 Å². The van der Waals surface area contributed by atoms with E-state index in [1.807, 2.05) is 36.4 Å². The maximum Gasteiger partial charge on any atom is 0.335 e. The topological polar surface area (TPSA) is 82.7 Å². The number of aliphatic imine (C=N–C) groups is 1. The zero-order valence-corrected chi connectivity index (χ0v) is 14.3. The summed E-state index contributed by atoms with van der Waals surface area (Å²) < 4.78 is 5.20. The number of nitrogens with zero attached hydrogens (tertiary/aromatic N) is 1. The van der Waals surface area contributed by atoms with Crippen LogP contribution in [0, 0.1) is 5.41 Å². The lowest BCUT2D eigenvalue weighted by atomic mass is 10.0. The molecule has 0 radical (unpaired) electrons. The van der Waals surface area contributed by atoms with Crippen LogP contribution in [0.15, 0.2) is 71.2 Å². The lowest BCUT2D eigenvalue weighted by molar-refractivity contribution is 0.0697. The molecule has 3 rings (SSSR count). The third-order valence-corrected chi connectivity index (χ3v) is 4.12. The van der Waals surface area contributed by atoms with Crippen LogP contribution in [0.25, 0.3) is 5.70 Å². The number of carboxylic acid groups (broad SMARTS) is 1. The van der Waals surface area contributed by atoms with E-state index in [4.69, 9.17) is 20.2 Å². The Labute approximate surface area is 151 Å². The standard InChI is InChI=1S/C21H18N2O3/c1-26-18-11-9-15(10-12-18)20-17(13-22)3-2-4-19(23-20)14-5-7-16(8-6-14)21(24)25/h2,4-13,22H,3H2,1H3,(H,24,25). The summed E-state index contributed by atoms with van der Waals surface area (Å²) in [7, 11) is 1.61. The van der Waals surface area contributed by atoms with Gasteiger partial charge in [0.1, 0.15) is 5.75 Å². The Morgan fingerprint density at radius 3 is 2.35 bits per heavy atom. The third kappa shape index (κ3) is 3.62. The quantitative estimate of drug-likeness (QED) is 0.796. The summed E-state index contributed by atoms with van der Waals surface area (Å²) in [5.41, 5.74) is 4.22. The Morgan fingerprint density at radius 1 is 1.12 bits per heavy atom. The normalized spacial score (nSPS) is 13.8. The van der Waals surface area contributed by atoms with E-state index in [0.29, 0.717) is 6.42 Å². The number of carbonyl (C=O) groups is 1. The molecule has 1 aliphatic rings. The molecule has 5 nitrogen and oxygen atoms in total. The van der Waals surface area contributed by atoms with Crippen molar-refractivity contribution in [1.29, 1.82) is 5.41 Å². The maximum atomic E-state index is 11.0. The molecule has 0 aromatic heterocycles. The molecule has 2 N–H and O–H groups in total. The molecule has 0 fully saturated rings. The summed E-state index contributed by atoms with van der Waals surface area (Å²) in [4.78, 5) is 15.8. The van der Waals surface area contributed by atoms with Crippen LogP contribution in [-0.2, 0) is 0 Å². The molecule has 1 heterocycles. The molecule has 130 valence electrons. The van der Waals surface area contributed by atoms with Gasteiger partial charge in [0.15, 0.2) is 0 Å². The van der Waals surface area contributed by atoms with Crippen molar-refractivity contribution >= 4 is 23.6 Å². The molecule has 5 heteroatoms. The smallest absolute Gasteiger partial charge is 0.335 e. The Morgan fingerprint density at radius 2 is 1.77 bits per heavy atom. The minimum Gasteiger partial charge on any atom is -0.497 e. The van der Waals surface area contributed by atoms with Crippen LogP contribution in [-0.4, -0.2) is 30.1 Å². The zero-order chi connectivity index (χ0) is 18.5. The van der Waals surface area contributed by atoms with Gasteiger partial charge in [-0.1, -0.05) is 18.2 Å². The summed E-state index contributed by atoms with van der Waals surface area (Å²) in [5.74, 6) is -0.203. The summed E-state index contributed by atoms with van der Waals surface area (Å²) in [5, 5.41) is 16.8. The molecule has 0 saturated carbocycles. The molecule has 0 atom stereocenters.